The lowest BCUT2D eigenvalue weighted by molar-refractivity contribution is -0.154. The molecule has 0 fully saturated rings. The van der Waals surface area contributed by atoms with Crippen molar-refractivity contribution in [2.45, 2.75) is 13.1 Å². The summed E-state index contributed by atoms with van der Waals surface area (Å²) in [6.07, 6.45) is -3.98. The number of aromatic amines is 1. The third-order valence-corrected chi connectivity index (χ3v) is 1.37. The number of halogens is 3. The maximum absolute atomic E-state index is 11.6. The summed E-state index contributed by atoms with van der Waals surface area (Å²) in [6, 6.07) is 1.08. The van der Waals surface area contributed by atoms with E-state index in [0.29, 0.717) is 6.29 Å². The molecule has 17 heavy (non-hydrogen) atoms. The van der Waals surface area contributed by atoms with Gasteiger partial charge < -0.3 is 9.47 Å². The number of methoxy groups -OCH3 is 1. The first-order valence-electron chi connectivity index (χ1n) is 4.62. The number of aromatic nitrogens is 2. The molecule has 1 rings (SSSR count). The number of ether oxygens (including phenoxy) is 2. The standard InChI is InChI=1S/C6H5F3N2O2.C3H8O/c7-6(8,9)3-13-5-1-4(2-12)10-11-5;1-3-4-2/h1-2H,3H2,(H,10,11);3H2,1-2H3. The number of hydrogen-bond donors (Lipinski definition) is 1. The highest BCUT2D eigenvalue weighted by Gasteiger charge is 2.28. The third-order valence-electron chi connectivity index (χ3n) is 1.37. The second-order valence-electron chi connectivity index (χ2n) is 2.76. The van der Waals surface area contributed by atoms with Gasteiger partial charge in [0.15, 0.2) is 12.9 Å². The molecule has 5 nitrogen and oxygen atoms in total. The highest BCUT2D eigenvalue weighted by Crippen LogP contribution is 2.16. The number of alkyl halides is 3. The fraction of sp³-hybridized carbons (Fsp3) is 0.556. The van der Waals surface area contributed by atoms with E-state index in [1.807, 2.05) is 6.92 Å². The number of hydrogen-bond acceptors (Lipinski definition) is 4. The van der Waals surface area contributed by atoms with Crippen LogP contribution in [-0.4, -0.2) is 43.0 Å². The van der Waals surface area contributed by atoms with Gasteiger partial charge in [-0.3, -0.25) is 9.89 Å². The minimum atomic E-state index is -4.40. The number of carbonyl (C=O) groups is 1. The second kappa shape index (κ2) is 7.66. The number of nitrogens with one attached hydrogen (secondary N) is 1. The predicted octanol–water partition coefficient (Wildman–Crippen LogP) is 1.82. The molecule has 8 heteroatoms. The fourth-order valence-electron chi connectivity index (χ4n) is 0.607. The van der Waals surface area contributed by atoms with Crippen molar-refractivity contribution in [3.05, 3.63) is 11.8 Å². The highest BCUT2D eigenvalue weighted by molar-refractivity contribution is 5.71. The van der Waals surface area contributed by atoms with Crippen molar-refractivity contribution in [3.63, 3.8) is 0 Å². The minimum absolute atomic E-state index is 0.0668. The molecule has 0 radical (unpaired) electrons. The normalized spacial score (nSPS) is 10.4. The summed E-state index contributed by atoms with van der Waals surface area (Å²) in [6.45, 7) is 1.36. The predicted molar refractivity (Wildman–Crippen MR) is 53.1 cm³/mol. The largest absolute Gasteiger partial charge is 0.467 e. The molecule has 0 amide bonds. The monoisotopic (exact) mass is 254 g/mol. The Hall–Kier alpha value is -1.57. The first kappa shape index (κ1) is 15.4. The molecule has 1 N–H and O–H groups in total. The van der Waals surface area contributed by atoms with Crippen LogP contribution in [0.2, 0.25) is 0 Å². The van der Waals surface area contributed by atoms with Gasteiger partial charge >= 0.3 is 6.18 Å². The van der Waals surface area contributed by atoms with Gasteiger partial charge in [-0.15, -0.1) is 5.10 Å². The van der Waals surface area contributed by atoms with Crippen LogP contribution in [0, 0.1) is 0 Å². The smallest absolute Gasteiger partial charge is 0.422 e. The van der Waals surface area contributed by atoms with E-state index in [1.54, 1.807) is 7.11 Å². The Labute approximate surface area is 95.9 Å². The molecule has 1 aromatic heterocycles. The molecule has 1 heterocycles. The van der Waals surface area contributed by atoms with Gasteiger partial charge in [0.1, 0.15) is 5.69 Å². The maximum atomic E-state index is 11.6. The van der Waals surface area contributed by atoms with E-state index in [2.05, 4.69) is 19.7 Å². The van der Waals surface area contributed by atoms with Crippen molar-refractivity contribution < 1.29 is 27.4 Å². The summed E-state index contributed by atoms with van der Waals surface area (Å²) in [5.74, 6) is -0.251. The Bertz CT molecular complexity index is 324. The van der Waals surface area contributed by atoms with E-state index in [4.69, 9.17) is 0 Å². The number of carbonyl (C=O) groups excluding carboxylic acids is 1. The van der Waals surface area contributed by atoms with Crippen molar-refractivity contribution in [1.82, 2.24) is 10.2 Å². The van der Waals surface area contributed by atoms with E-state index in [-0.39, 0.29) is 11.6 Å². The Morgan fingerprint density at radius 3 is 2.47 bits per heavy atom. The molecule has 0 aromatic carbocycles. The summed E-state index contributed by atoms with van der Waals surface area (Å²) < 4.78 is 43.6. The summed E-state index contributed by atoms with van der Waals surface area (Å²) >= 11 is 0. The van der Waals surface area contributed by atoms with E-state index < -0.39 is 12.8 Å². The summed E-state index contributed by atoms with van der Waals surface area (Å²) in [4.78, 5) is 10.1. The fourth-order valence-corrected chi connectivity index (χ4v) is 0.607. The summed E-state index contributed by atoms with van der Waals surface area (Å²) in [5, 5.41) is 5.49. The van der Waals surface area contributed by atoms with Gasteiger partial charge in [0.25, 0.3) is 0 Å². The van der Waals surface area contributed by atoms with Crippen molar-refractivity contribution in [2.75, 3.05) is 20.3 Å². The average Bonchev–Trinajstić information content (AvgIpc) is 2.74. The molecule has 98 valence electrons. The number of rotatable bonds is 4. The molecule has 0 spiro atoms. The SMILES string of the molecule is CCOC.O=Cc1cc(OCC(F)(F)F)n[nH]1. The molecule has 1 aromatic rings. The van der Waals surface area contributed by atoms with Crippen molar-refractivity contribution >= 4 is 6.29 Å². The molecular formula is C9H13F3N2O3. The molecule has 0 atom stereocenters. The Balaban J connectivity index is 0.000000557. The molecule has 0 aliphatic heterocycles. The van der Waals surface area contributed by atoms with Gasteiger partial charge in [-0.2, -0.15) is 13.2 Å². The number of aldehydes is 1. The van der Waals surface area contributed by atoms with E-state index >= 15 is 0 Å². The average molecular weight is 254 g/mol. The Morgan fingerprint density at radius 2 is 2.12 bits per heavy atom. The minimum Gasteiger partial charge on any atom is -0.467 e. The first-order valence-corrected chi connectivity index (χ1v) is 4.62. The number of H-pyrrole nitrogens is 1. The lowest BCUT2D eigenvalue weighted by Gasteiger charge is -2.05. The van der Waals surface area contributed by atoms with Crippen LogP contribution in [0.1, 0.15) is 17.4 Å². The van der Waals surface area contributed by atoms with Gasteiger partial charge in [-0.1, -0.05) is 0 Å². The zero-order valence-corrected chi connectivity index (χ0v) is 9.37. The van der Waals surface area contributed by atoms with Crippen LogP contribution < -0.4 is 4.74 Å². The van der Waals surface area contributed by atoms with Crippen LogP contribution in [0.15, 0.2) is 6.07 Å². The van der Waals surface area contributed by atoms with Gasteiger partial charge in [-0.25, -0.2) is 0 Å². The van der Waals surface area contributed by atoms with E-state index in [0.717, 1.165) is 12.7 Å². The van der Waals surface area contributed by atoms with Crippen LogP contribution in [0.3, 0.4) is 0 Å². The zero-order valence-electron chi connectivity index (χ0n) is 9.37. The quantitative estimate of drug-likeness (QED) is 0.832. The van der Waals surface area contributed by atoms with Crippen LogP contribution >= 0.6 is 0 Å². The van der Waals surface area contributed by atoms with Crippen molar-refractivity contribution in [2.24, 2.45) is 0 Å². The first-order chi connectivity index (χ1) is 7.92. The molecule has 0 saturated heterocycles. The maximum Gasteiger partial charge on any atom is 0.422 e. The van der Waals surface area contributed by atoms with Crippen molar-refractivity contribution in [3.8, 4) is 5.88 Å². The topological polar surface area (TPSA) is 64.2 Å². The van der Waals surface area contributed by atoms with Crippen molar-refractivity contribution in [1.29, 1.82) is 0 Å². The van der Waals surface area contributed by atoms with Crippen LogP contribution in [-0.2, 0) is 4.74 Å². The van der Waals surface area contributed by atoms with E-state index in [1.165, 1.54) is 0 Å². The Morgan fingerprint density at radius 1 is 1.53 bits per heavy atom. The molecule has 0 aliphatic carbocycles. The van der Waals surface area contributed by atoms with Gasteiger partial charge in [0, 0.05) is 19.8 Å². The van der Waals surface area contributed by atoms with Gasteiger partial charge in [-0.05, 0) is 6.92 Å². The summed E-state index contributed by atoms with van der Waals surface area (Å²) in [7, 11) is 1.68. The summed E-state index contributed by atoms with van der Waals surface area (Å²) in [5.41, 5.74) is 0.0668. The van der Waals surface area contributed by atoms with E-state index in [9.17, 15) is 18.0 Å². The zero-order chi connectivity index (χ0) is 13.3. The van der Waals surface area contributed by atoms with Gasteiger partial charge in [0.2, 0.25) is 5.88 Å². The third kappa shape index (κ3) is 8.26. The van der Waals surface area contributed by atoms with Crippen LogP contribution in [0.5, 0.6) is 5.88 Å². The van der Waals surface area contributed by atoms with Crippen LogP contribution in [0.25, 0.3) is 0 Å². The highest BCUT2D eigenvalue weighted by atomic mass is 19.4. The number of nitrogens with zero attached hydrogens (tertiary/aromatic N) is 1. The lowest BCUT2D eigenvalue weighted by Crippen LogP contribution is -2.19. The van der Waals surface area contributed by atoms with Gasteiger partial charge in [0.05, 0.1) is 0 Å². The Kier molecular flexibility index (Phi) is 6.95. The second-order valence-corrected chi connectivity index (χ2v) is 2.76. The van der Waals surface area contributed by atoms with Crippen LogP contribution in [0.4, 0.5) is 13.2 Å². The molecule has 0 aliphatic rings. The molecule has 0 unspecified atom stereocenters. The molecule has 0 saturated carbocycles. The lowest BCUT2D eigenvalue weighted by atomic mass is 10.5. The molecule has 0 bridgehead atoms. The molecular weight excluding hydrogens is 241 g/mol.